The molecule has 1 aromatic rings. The first-order valence-electron chi connectivity index (χ1n) is 7.06. The van der Waals surface area contributed by atoms with E-state index in [0.29, 0.717) is 5.57 Å². The van der Waals surface area contributed by atoms with Crippen LogP contribution in [-0.4, -0.2) is 32.5 Å². The number of sulfone groups is 1. The highest BCUT2D eigenvalue weighted by molar-refractivity contribution is 7.92. The van der Waals surface area contributed by atoms with Crippen LogP contribution in [0.3, 0.4) is 0 Å². The molecule has 1 fully saturated rings. The maximum absolute atomic E-state index is 12.8. The summed E-state index contributed by atoms with van der Waals surface area (Å²) in [6.07, 6.45) is 1.77. The summed E-state index contributed by atoms with van der Waals surface area (Å²) < 4.78 is 30.4. The minimum Gasteiger partial charge on any atom is -0.469 e. The molecule has 1 unspecified atom stereocenters. The van der Waals surface area contributed by atoms with Crippen molar-refractivity contribution in [2.45, 2.75) is 23.0 Å². The molecule has 22 heavy (non-hydrogen) atoms. The molecule has 0 aromatic heterocycles. The van der Waals surface area contributed by atoms with E-state index in [1.807, 2.05) is 0 Å². The van der Waals surface area contributed by atoms with E-state index < -0.39 is 27.0 Å². The average molecular weight is 320 g/mol. The Labute approximate surface area is 128 Å². The fourth-order valence-corrected chi connectivity index (χ4v) is 5.34. The van der Waals surface area contributed by atoms with E-state index in [9.17, 15) is 18.0 Å². The summed E-state index contributed by atoms with van der Waals surface area (Å²) in [5.41, 5.74) is 0.559. The molecule has 2 aliphatic carbocycles. The fourth-order valence-electron chi connectivity index (χ4n) is 3.42. The molecule has 0 spiro atoms. The molecule has 2 aliphatic rings. The molecule has 3 rings (SSSR count). The van der Waals surface area contributed by atoms with Gasteiger partial charge < -0.3 is 4.74 Å². The molecule has 116 valence electrons. The normalized spacial score (nSPS) is 27.4. The van der Waals surface area contributed by atoms with Crippen LogP contribution in [0.15, 0.2) is 46.9 Å². The van der Waals surface area contributed by atoms with Crippen molar-refractivity contribution in [2.75, 3.05) is 7.11 Å². The average Bonchev–Trinajstić information content (AvgIpc) is 3.04. The maximum Gasteiger partial charge on any atom is 0.309 e. The summed E-state index contributed by atoms with van der Waals surface area (Å²) in [7, 11) is -2.34. The van der Waals surface area contributed by atoms with Gasteiger partial charge in [0, 0.05) is 12.3 Å². The number of rotatable bonds is 3. The summed E-state index contributed by atoms with van der Waals surface area (Å²) in [5.74, 6) is -1.48. The van der Waals surface area contributed by atoms with E-state index in [1.54, 1.807) is 18.2 Å². The molecule has 0 radical (unpaired) electrons. The fraction of sp³-hybridized carbons (Fsp3) is 0.375. The van der Waals surface area contributed by atoms with Gasteiger partial charge in [-0.1, -0.05) is 18.2 Å². The van der Waals surface area contributed by atoms with Crippen molar-refractivity contribution in [3.63, 3.8) is 0 Å². The van der Waals surface area contributed by atoms with Crippen molar-refractivity contribution in [1.29, 1.82) is 0 Å². The Morgan fingerprint density at radius 2 is 1.91 bits per heavy atom. The SMILES string of the molecule is COC(=O)[C@H]1CC(S(=O)(=O)c2ccccc2)C2=CC(=O)C[C@H]21. The van der Waals surface area contributed by atoms with Crippen LogP contribution in [-0.2, 0) is 24.2 Å². The van der Waals surface area contributed by atoms with E-state index in [2.05, 4.69) is 0 Å². The first-order valence-corrected chi connectivity index (χ1v) is 8.61. The second kappa shape index (κ2) is 5.35. The maximum atomic E-state index is 12.8. The molecule has 0 saturated heterocycles. The number of esters is 1. The zero-order valence-electron chi connectivity index (χ0n) is 12.1. The zero-order chi connectivity index (χ0) is 15.9. The van der Waals surface area contributed by atoms with Crippen LogP contribution in [0, 0.1) is 11.8 Å². The first kappa shape index (κ1) is 15.0. The Kier molecular flexibility index (Phi) is 3.64. The molecule has 1 aromatic carbocycles. The Morgan fingerprint density at radius 1 is 1.23 bits per heavy atom. The van der Waals surface area contributed by atoms with Gasteiger partial charge in [0.25, 0.3) is 0 Å². The molecule has 3 atom stereocenters. The van der Waals surface area contributed by atoms with Crippen LogP contribution in [0.1, 0.15) is 12.8 Å². The van der Waals surface area contributed by atoms with Gasteiger partial charge in [-0.05, 0) is 30.2 Å². The van der Waals surface area contributed by atoms with Gasteiger partial charge in [-0.3, -0.25) is 9.59 Å². The molecule has 1 saturated carbocycles. The van der Waals surface area contributed by atoms with Gasteiger partial charge in [-0.15, -0.1) is 0 Å². The Bertz CT molecular complexity index is 748. The third-order valence-electron chi connectivity index (χ3n) is 4.45. The number of allylic oxidation sites excluding steroid dienone is 1. The zero-order valence-corrected chi connectivity index (χ0v) is 12.9. The molecule has 0 bridgehead atoms. The first-order chi connectivity index (χ1) is 10.4. The minimum absolute atomic E-state index is 0.123. The second-order valence-corrected chi connectivity index (χ2v) is 7.76. The van der Waals surface area contributed by atoms with E-state index >= 15 is 0 Å². The van der Waals surface area contributed by atoms with Gasteiger partial charge in [0.15, 0.2) is 15.6 Å². The largest absolute Gasteiger partial charge is 0.469 e. The van der Waals surface area contributed by atoms with Crippen LogP contribution < -0.4 is 0 Å². The number of fused-ring (bicyclic) bond motifs is 1. The summed E-state index contributed by atoms with van der Waals surface area (Å²) in [6.45, 7) is 0. The molecule has 5 nitrogen and oxygen atoms in total. The molecular weight excluding hydrogens is 304 g/mol. The monoisotopic (exact) mass is 320 g/mol. The lowest BCUT2D eigenvalue weighted by molar-refractivity contribution is -0.146. The predicted molar refractivity (Wildman–Crippen MR) is 78.7 cm³/mol. The van der Waals surface area contributed by atoms with Gasteiger partial charge in [0.1, 0.15) is 0 Å². The van der Waals surface area contributed by atoms with Crippen molar-refractivity contribution >= 4 is 21.6 Å². The summed E-state index contributed by atoms with van der Waals surface area (Å²) in [6, 6.07) is 8.13. The van der Waals surface area contributed by atoms with Gasteiger partial charge in [0.05, 0.1) is 23.2 Å². The van der Waals surface area contributed by atoms with Gasteiger partial charge in [-0.25, -0.2) is 8.42 Å². The van der Waals surface area contributed by atoms with E-state index in [1.165, 1.54) is 25.3 Å². The number of carbonyl (C=O) groups is 2. The molecule has 6 heteroatoms. The molecule has 0 amide bonds. The molecule has 0 heterocycles. The standard InChI is InChI=1S/C16H16O5S/c1-21-16(18)14-9-15(13-8-10(17)7-12(13)14)22(19,20)11-5-3-2-4-6-11/h2-6,8,12,14-15H,7,9H2,1H3/t12-,14+,15?/m1/s1. The van der Waals surface area contributed by atoms with Crippen LogP contribution in [0.5, 0.6) is 0 Å². The quantitative estimate of drug-likeness (QED) is 0.790. The summed E-state index contributed by atoms with van der Waals surface area (Å²) in [5, 5.41) is -0.824. The minimum atomic E-state index is -3.62. The van der Waals surface area contributed by atoms with Crippen molar-refractivity contribution in [1.82, 2.24) is 0 Å². The Hall–Kier alpha value is -1.95. The lowest BCUT2D eigenvalue weighted by Crippen LogP contribution is -2.22. The number of ketones is 1. The Morgan fingerprint density at radius 3 is 2.55 bits per heavy atom. The highest BCUT2D eigenvalue weighted by Gasteiger charge is 2.51. The molecule has 0 aliphatic heterocycles. The number of carbonyl (C=O) groups excluding carboxylic acids is 2. The molecular formula is C16H16O5S. The number of benzene rings is 1. The summed E-state index contributed by atoms with van der Waals surface area (Å²) in [4.78, 5) is 23.8. The van der Waals surface area contributed by atoms with Crippen molar-refractivity contribution in [3.8, 4) is 0 Å². The van der Waals surface area contributed by atoms with Gasteiger partial charge >= 0.3 is 5.97 Å². The van der Waals surface area contributed by atoms with Crippen molar-refractivity contribution in [3.05, 3.63) is 42.0 Å². The van der Waals surface area contributed by atoms with Crippen LogP contribution in [0.2, 0.25) is 0 Å². The lowest BCUT2D eigenvalue weighted by Gasteiger charge is -2.13. The van der Waals surface area contributed by atoms with Gasteiger partial charge in [-0.2, -0.15) is 0 Å². The predicted octanol–water partition coefficient (Wildman–Crippen LogP) is 1.54. The van der Waals surface area contributed by atoms with Crippen LogP contribution in [0.25, 0.3) is 0 Å². The van der Waals surface area contributed by atoms with Crippen LogP contribution >= 0.6 is 0 Å². The number of methoxy groups -OCH3 is 1. The van der Waals surface area contributed by atoms with E-state index in [-0.39, 0.29) is 29.4 Å². The third-order valence-corrected chi connectivity index (χ3v) is 6.60. The van der Waals surface area contributed by atoms with Crippen LogP contribution in [0.4, 0.5) is 0 Å². The highest BCUT2D eigenvalue weighted by Crippen LogP contribution is 2.47. The van der Waals surface area contributed by atoms with Crippen molar-refractivity contribution < 1.29 is 22.7 Å². The highest BCUT2D eigenvalue weighted by atomic mass is 32.2. The van der Waals surface area contributed by atoms with E-state index in [4.69, 9.17) is 4.74 Å². The van der Waals surface area contributed by atoms with Gasteiger partial charge in [0.2, 0.25) is 0 Å². The topological polar surface area (TPSA) is 77.5 Å². The lowest BCUT2D eigenvalue weighted by atomic mass is 9.94. The smallest absolute Gasteiger partial charge is 0.309 e. The third kappa shape index (κ3) is 2.27. The number of ether oxygens (including phenoxy) is 1. The Balaban J connectivity index is 2.02. The number of hydrogen-bond donors (Lipinski definition) is 0. The second-order valence-electron chi connectivity index (χ2n) is 5.63. The molecule has 0 N–H and O–H groups in total. The number of hydrogen-bond acceptors (Lipinski definition) is 5. The summed E-state index contributed by atoms with van der Waals surface area (Å²) >= 11 is 0. The van der Waals surface area contributed by atoms with Crippen molar-refractivity contribution in [2.24, 2.45) is 11.8 Å². The van der Waals surface area contributed by atoms with E-state index in [0.717, 1.165) is 0 Å².